The predicted octanol–water partition coefficient (Wildman–Crippen LogP) is 1.48. The molecule has 8 heteroatoms. The van der Waals surface area contributed by atoms with Crippen molar-refractivity contribution in [1.82, 2.24) is 5.32 Å². The molecule has 1 amide bonds. The second kappa shape index (κ2) is 10.5. The van der Waals surface area contributed by atoms with E-state index in [0.29, 0.717) is 18.0 Å². The number of benzene rings is 1. The van der Waals surface area contributed by atoms with E-state index in [2.05, 4.69) is 10.6 Å². The summed E-state index contributed by atoms with van der Waals surface area (Å²) in [7, 11) is 3.05. The average Bonchev–Trinajstić information content (AvgIpc) is 2.53. The summed E-state index contributed by atoms with van der Waals surface area (Å²) in [6.45, 7) is 0.496. The zero-order chi connectivity index (χ0) is 17.1. The Labute approximate surface area is 140 Å². The lowest BCUT2D eigenvalue weighted by atomic mass is 10.3. The molecule has 23 heavy (non-hydrogen) atoms. The number of carbonyl (C=O) groups excluding carboxylic acids is 2. The molecule has 0 radical (unpaired) electrons. The first-order valence-corrected chi connectivity index (χ1v) is 7.36. The van der Waals surface area contributed by atoms with E-state index in [1.54, 1.807) is 12.1 Å². The molecule has 1 rings (SSSR count). The molecule has 0 spiro atoms. The highest BCUT2D eigenvalue weighted by Crippen LogP contribution is 2.22. The summed E-state index contributed by atoms with van der Waals surface area (Å²) in [6, 6.07) is 7.17. The van der Waals surface area contributed by atoms with Gasteiger partial charge in [-0.1, -0.05) is 12.1 Å². The molecule has 0 aliphatic rings. The number of thiocarbonyl (C=S) groups is 1. The lowest BCUT2D eigenvalue weighted by molar-refractivity contribution is -0.146. The number of amides is 1. The van der Waals surface area contributed by atoms with Crippen molar-refractivity contribution < 1.29 is 23.8 Å². The van der Waals surface area contributed by atoms with Crippen molar-refractivity contribution in [3.63, 3.8) is 0 Å². The molecule has 1 aromatic rings. The fourth-order valence-corrected chi connectivity index (χ4v) is 1.84. The van der Waals surface area contributed by atoms with E-state index in [9.17, 15) is 9.59 Å². The Morgan fingerprint density at radius 3 is 2.57 bits per heavy atom. The minimum absolute atomic E-state index is 0.0143. The summed E-state index contributed by atoms with van der Waals surface area (Å²) in [5.41, 5.74) is 0.638. The van der Waals surface area contributed by atoms with Crippen molar-refractivity contribution >= 4 is 34.9 Å². The number of para-hydroxylation sites is 2. The van der Waals surface area contributed by atoms with Crippen LogP contribution in [0.1, 0.15) is 12.8 Å². The van der Waals surface area contributed by atoms with Crippen LogP contribution in [0, 0.1) is 0 Å². The molecule has 7 nitrogen and oxygen atoms in total. The standard InChI is InChI=1S/C15H20N2O5S/c1-20-9-10-22-14(19)8-7-13(18)17-15(23)16-11-5-3-4-6-12(11)21-2/h3-6H,7-10H2,1-2H3,(H2,16,17,18,23). The summed E-state index contributed by atoms with van der Waals surface area (Å²) in [5, 5.41) is 5.49. The van der Waals surface area contributed by atoms with Gasteiger partial charge in [0.1, 0.15) is 12.4 Å². The first-order chi connectivity index (χ1) is 11.1. The quantitative estimate of drug-likeness (QED) is 0.421. The highest BCUT2D eigenvalue weighted by atomic mass is 32.1. The van der Waals surface area contributed by atoms with Gasteiger partial charge in [0.05, 0.1) is 25.8 Å². The monoisotopic (exact) mass is 340 g/mol. The molecule has 0 bridgehead atoms. The lowest BCUT2D eigenvalue weighted by Crippen LogP contribution is -2.34. The van der Waals surface area contributed by atoms with Crippen LogP contribution in [-0.2, 0) is 19.1 Å². The van der Waals surface area contributed by atoms with Crippen LogP contribution in [0.4, 0.5) is 5.69 Å². The minimum atomic E-state index is -0.458. The number of hydrogen-bond acceptors (Lipinski definition) is 6. The van der Waals surface area contributed by atoms with E-state index >= 15 is 0 Å². The van der Waals surface area contributed by atoms with Crippen molar-refractivity contribution in [2.45, 2.75) is 12.8 Å². The summed E-state index contributed by atoms with van der Waals surface area (Å²) in [6.07, 6.45) is -0.0353. The van der Waals surface area contributed by atoms with Crippen molar-refractivity contribution in [3.05, 3.63) is 24.3 Å². The number of carbonyl (C=O) groups is 2. The first kappa shape index (κ1) is 18.9. The van der Waals surface area contributed by atoms with Crippen LogP contribution in [0.3, 0.4) is 0 Å². The van der Waals surface area contributed by atoms with E-state index in [1.165, 1.54) is 14.2 Å². The number of ether oxygens (including phenoxy) is 3. The Morgan fingerprint density at radius 2 is 1.87 bits per heavy atom. The van der Waals surface area contributed by atoms with E-state index in [4.69, 9.17) is 26.4 Å². The number of hydrogen-bond donors (Lipinski definition) is 2. The molecule has 0 saturated heterocycles. The van der Waals surface area contributed by atoms with Crippen molar-refractivity contribution in [2.75, 3.05) is 32.8 Å². The van der Waals surface area contributed by atoms with Gasteiger partial charge in [0.25, 0.3) is 0 Å². The van der Waals surface area contributed by atoms with E-state index in [0.717, 1.165) is 0 Å². The van der Waals surface area contributed by atoms with Crippen LogP contribution in [0.2, 0.25) is 0 Å². The molecule has 0 fully saturated rings. The zero-order valence-electron chi connectivity index (χ0n) is 13.1. The Morgan fingerprint density at radius 1 is 1.13 bits per heavy atom. The SMILES string of the molecule is COCCOC(=O)CCC(=O)NC(=S)Nc1ccccc1OC. The van der Waals surface area contributed by atoms with Crippen LogP contribution in [-0.4, -0.2) is 44.4 Å². The van der Waals surface area contributed by atoms with Gasteiger partial charge in [-0.25, -0.2) is 0 Å². The minimum Gasteiger partial charge on any atom is -0.495 e. The van der Waals surface area contributed by atoms with Gasteiger partial charge in [-0.2, -0.15) is 0 Å². The summed E-state index contributed by atoms with van der Waals surface area (Å²) in [4.78, 5) is 23.1. The molecule has 0 saturated carbocycles. The Kier molecular flexibility index (Phi) is 8.63. The van der Waals surface area contributed by atoms with Crippen LogP contribution in [0.25, 0.3) is 0 Å². The van der Waals surface area contributed by atoms with Gasteiger partial charge >= 0.3 is 5.97 Å². The van der Waals surface area contributed by atoms with E-state index < -0.39 is 5.97 Å². The van der Waals surface area contributed by atoms with Crippen molar-refractivity contribution in [3.8, 4) is 5.75 Å². The Balaban J connectivity index is 2.33. The summed E-state index contributed by atoms with van der Waals surface area (Å²) in [5.74, 6) is -0.229. The molecule has 0 atom stereocenters. The molecule has 1 aromatic carbocycles. The van der Waals surface area contributed by atoms with Gasteiger partial charge in [-0.05, 0) is 24.4 Å². The third kappa shape index (κ3) is 7.57. The lowest BCUT2D eigenvalue weighted by Gasteiger charge is -2.12. The molecule has 0 aliphatic carbocycles. The van der Waals surface area contributed by atoms with Gasteiger partial charge in [0.15, 0.2) is 5.11 Å². The third-order valence-electron chi connectivity index (χ3n) is 2.71. The second-order valence-electron chi connectivity index (χ2n) is 4.42. The van der Waals surface area contributed by atoms with Crippen LogP contribution in [0.15, 0.2) is 24.3 Å². The first-order valence-electron chi connectivity index (χ1n) is 6.95. The van der Waals surface area contributed by atoms with Gasteiger partial charge in [0, 0.05) is 13.5 Å². The number of esters is 1. The molecule has 0 aromatic heterocycles. The number of nitrogens with one attached hydrogen (secondary N) is 2. The van der Waals surface area contributed by atoms with Gasteiger partial charge < -0.3 is 24.8 Å². The normalized spacial score (nSPS) is 9.83. The molecular weight excluding hydrogens is 320 g/mol. The second-order valence-corrected chi connectivity index (χ2v) is 4.82. The number of methoxy groups -OCH3 is 2. The van der Waals surface area contributed by atoms with Gasteiger partial charge in [-0.15, -0.1) is 0 Å². The molecule has 126 valence electrons. The van der Waals surface area contributed by atoms with Gasteiger partial charge in [0.2, 0.25) is 5.91 Å². The highest BCUT2D eigenvalue weighted by Gasteiger charge is 2.10. The van der Waals surface area contributed by atoms with Crippen molar-refractivity contribution in [1.29, 1.82) is 0 Å². The Hall–Kier alpha value is -2.19. The molecule has 0 heterocycles. The fourth-order valence-electron chi connectivity index (χ4n) is 1.62. The Bertz CT molecular complexity index is 550. The average molecular weight is 340 g/mol. The van der Waals surface area contributed by atoms with Gasteiger partial charge in [-0.3, -0.25) is 9.59 Å². The zero-order valence-corrected chi connectivity index (χ0v) is 13.9. The molecule has 0 unspecified atom stereocenters. The molecule has 2 N–H and O–H groups in total. The number of anilines is 1. The summed E-state index contributed by atoms with van der Waals surface area (Å²) >= 11 is 5.05. The van der Waals surface area contributed by atoms with Crippen molar-refractivity contribution in [2.24, 2.45) is 0 Å². The van der Waals surface area contributed by atoms with Crippen LogP contribution in [0.5, 0.6) is 5.75 Å². The van der Waals surface area contributed by atoms with E-state index in [1.807, 2.05) is 12.1 Å². The fraction of sp³-hybridized carbons (Fsp3) is 0.400. The highest BCUT2D eigenvalue weighted by molar-refractivity contribution is 7.80. The topological polar surface area (TPSA) is 85.9 Å². The van der Waals surface area contributed by atoms with Crippen LogP contribution >= 0.6 is 12.2 Å². The van der Waals surface area contributed by atoms with Crippen LogP contribution < -0.4 is 15.4 Å². The van der Waals surface area contributed by atoms with E-state index in [-0.39, 0.29) is 30.5 Å². The maximum absolute atomic E-state index is 11.7. The third-order valence-corrected chi connectivity index (χ3v) is 2.92. The maximum Gasteiger partial charge on any atom is 0.306 e. The smallest absolute Gasteiger partial charge is 0.306 e. The maximum atomic E-state index is 11.7. The largest absolute Gasteiger partial charge is 0.495 e. The number of rotatable bonds is 8. The molecular formula is C15H20N2O5S. The molecule has 0 aliphatic heterocycles. The predicted molar refractivity (Wildman–Crippen MR) is 89.4 cm³/mol. The summed E-state index contributed by atoms with van der Waals surface area (Å²) < 4.78 is 14.8.